The number of carbonyl (C=O) groups is 2. The molecule has 45 heavy (non-hydrogen) atoms. The monoisotopic (exact) mass is 604 g/mol. The van der Waals surface area contributed by atoms with Crippen LogP contribution in [0, 0.1) is 17.8 Å². The van der Waals surface area contributed by atoms with Crippen LogP contribution >= 0.6 is 0 Å². The summed E-state index contributed by atoms with van der Waals surface area (Å²) in [5.41, 5.74) is 5.20. The average molecular weight is 605 g/mol. The molecular formula is C38H40N2O5. The van der Waals surface area contributed by atoms with Crippen molar-refractivity contribution in [2.75, 3.05) is 13.2 Å². The van der Waals surface area contributed by atoms with Crippen LogP contribution < -0.4 is 4.74 Å². The molecule has 4 aliphatic rings. The van der Waals surface area contributed by atoms with E-state index in [1.165, 1.54) is 6.42 Å². The predicted molar refractivity (Wildman–Crippen MR) is 172 cm³/mol. The van der Waals surface area contributed by atoms with Gasteiger partial charge in [0.05, 0.1) is 30.2 Å². The van der Waals surface area contributed by atoms with E-state index in [1.807, 2.05) is 60.7 Å². The highest BCUT2D eigenvalue weighted by Crippen LogP contribution is 2.51. The summed E-state index contributed by atoms with van der Waals surface area (Å²) in [5.74, 6) is 0.205. The van der Waals surface area contributed by atoms with E-state index in [0.717, 1.165) is 59.4 Å². The minimum absolute atomic E-state index is 0.00544. The highest BCUT2D eigenvalue weighted by atomic mass is 16.5. The molecule has 4 atom stereocenters. The summed E-state index contributed by atoms with van der Waals surface area (Å²) < 4.78 is 12.8. The molecule has 2 aromatic carbocycles. The van der Waals surface area contributed by atoms with Crippen LogP contribution in [0.2, 0.25) is 0 Å². The molecule has 2 amide bonds. The maximum absolute atomic E-state index is 14.0. The SMILES string of the molecule is O=C1[C@@H]2[C@@H](CC(COc3ccccc3)=C3[C@@H](CC/C(=C/c4ccc(O)cc4)c4ccccn4)OC[C@@H]32)C(=O)N1C1CCCCC1. The molecule has 0 radical (unpaired) electrons. The van der Waals surface area contributed by atoms with Crippen molar-refractivity contribution in [3.63, 3.8) is 0 Å². The molecule has 232 valence electrons. The summed E-state index contributed by atoms with van der Waals surface area (Å²) in [7, 11) is 0. The highest BCUT2D eigenvalue weighted by Gasteiger charge is 2.58. The molecule has 3 fully saturated rings. The lowest BCUT2D eigenvalue weighted by atomic mass is 9.69. The lowest BCUT2D eigenvalue weighted by Gasteiger charge is -2.32. The van der Waals surface area contributed by atoms with E-state index >= 15 is 0 Å². The number of aromatic hydroxyl groups is 1. The number of aromatic nitrogens is 1. The van der Waals surface area contributed by atoms with E-state index in [2.05, 4.69) is 11.1 Å². The van der Waals surface area contributed by atoms with Gasteiger partial charge in [-0.25, -0.2) is 0 Å². The van der Waals surface area contributed by atoms with Crippen molar-refractivity contribution in [3.8, 4) is 11.5 Å². The van der Waals surface area contributed by atoms with Gasteiger partial charge in [-0.2, -0.15) is 0 Å². The van der Waals surface area contributed by atoms with Crippen LogP contribution in [0.4, 0.5) is 0 Å². The Morgan fingerprint density at radius 1 is 0.933 bits per heavy atom. The minimum Gasteiger partial charge on any atom is -0.508 e. The summed E-state index contributed by atoms with van der Waals surface area (Å²) in [6.45, 7) is 0.814. The van der Waals surface area contributed by atoms with Crippen molar-refractivity contribution in [3.05, 3.63) is 101 Å². The summed E-state index contributed by atoms with van der Waals surface area (Å²) >= 11 is 0. The third-order valence-electron chi connectivity index (χ3n) is 10.0. The van der Waals surface area contributed by atoms with Crippen LogP contribution in [0.5, 0.6) is 11.5 Å². The van der Waals surface area contributed by atoms with Gasteiger partial charge in [0, 0.05) is 18.2 Å². The smallest absolute Gasteiger partial charge is 0.234 e. The van der Waals surface area contributed by atoms with Crippen LogP contribution in [0.3, 0.4) is 0 Å². The van der Waals surface area contributed by atoms with Crippen LogP contribution in [0.1, 0.15) is 62.6 Å². The number of pyridine rings is 1. The zero-order valence-electron chi connectivity index (χ0n) is 25.5. The standard InChI is InChI=1S/C38H40N2O5/c41-29-17-14-25(15-18-29)21-26(33-13-7-8-20-39-33)16-19-34-35-27(23-44-30-11-5-2-6-12-30)22-31-36(32(35)24-45-34)38(43)40(37(31)42)28-9-3-1-4-10-28/h2,5-8,11-15,17-18,20-21,28,31-32,34,36,41H,1,3-4,9-10,16,19,22-24H2/b26-21-/t31-,32+,34-,36-/m1/s1. The summed E-state index contributed by atoms with van der Waals surface area (Å²) in [5, 5.41) is 9.78. The molecule has 0 bridgehead atoms. The lowest BCUT2D eigenvalue weighted by molar-refractivity contribution is -0.143. The number of fused-ring (bicyclic) bond motifs is 3. The molecule has 2 saturated heterocycles. The van der Waals surface area contributed by atoms with Gasteiger partial charge in [0.1, 0.15) is 18.1 Å². The minimum atomic E-state index is -0.359. The molecule has 7 rings (SSSR count). The van der Waals surface area contributed by atoms with Crippen LogP contribution in [0.15, 0.2) is 90.1 Å². The van der Waals surface area contributed by atoms with E-state index in [1.54, 1.807) is 23.2 Å². The second-order valence-electron chi connectivity index (χ2n) is 12.8. The number of benzene rings is 2. The molecule has 3 aromatic rings. The highest BCUT2D eigenvalue weighted by molar-refractivity contribution is 6.06. The van der Waals surface area contributed by atoms with Crippen molar-refractivity contribution in [1.82, 2.24) is 9.88 Å². The molecular weight excluding hydrogens is 564 g/mol. The third-order valence-corrected chi connectivity index (χ3v) is 10.0. The maximum atomic E-state index is 14.0. The Hall–Kier alpha value is -4.23. The molecule has 3 heterocycles. The van der Waals surface area contributed by atoms with Crippen molar-refractivity contribution < 1.29 is 24.2 Å². The zero-order valence-corrected chi connectivity index (χ0v) is 25.5. The Morgan fingerprint density at radius 3 is 2.47 bits per heavy atom. The molecule has 0 spiro atoms. The Bertz CT molecular complexity index is 1580. The van der Waals surface area contributed by atoms with E-state index in [4.69, 9.17) is 9.47 Å². The number of phenols is 1. The summed E-state index contributed by atoms with van der Waals surface area (Å²) in [4.78, 5) is 34.2. The van der Waals surface area contributed by atoms with Crippen LogP contribution in [0.25, 0.3) is 11.6 Å². The van der Waals surface area contributed by atoms with Gasteiger partial charge in [0.2, 0.25) is 11.8 Å². The number of allylic oxidation sites excluding steroid dienone is 1. The molecule has 1 aromatic heterocycles. The third kappa shape index (κ3) is 6.06. The molecule has 2 aliphatic carbocycles. The van der Waals surface area contributed by atoms with E-state index < -0.39 is 0 Å². The fraction of sp³-hybridized carbons (Fsp3) is 0.395. The van der Waals surface area contributed by atoms with E-state index in [9.17, 15) is 14.7 Å². The van der Waals surface area contributed by atoms with Crippen molar-refractivity contribution in [2.45, 2.75) is 63.5 Å². The number of phenolic OH excluding ortho intramolecular Hbond substituents is 1. The number of imide groups is 1. The van der Waals surface area contributed by atoms with E-state index in [0.29, 0.717) is 32.5 Å². The molecule has 1 saturated carbocycles. The number of carbonyl (C=O) groups excluding carboxylic acids is 2. The van der Waals surface area contributed by atoms with Gasteiger partial charge in [0.15, 0.2) is 0 Å². The molecule has 0 unspecified atom stereocenters. The largest absolute Gasteiger partial charge is 0.508 e. The number of hydrogen-bond donors (Lipinski definition) is 1. The number of rotatable bonds is 9. The quantitative estimate of drug-likeness (QED) is 0.213. The summed E-state index contributed by atoms with van der Waals surface area (Å²) in [6.07, 6.45) is 10.8. The first kappa shape index (κ1) is 29.5. The Morgan fingerprint density at radius 2 is 1.71 bits per heavy atom. The van der Waals surface area contributed by atoms with Crippen molar-refractivity contribution >= 4 is 23.5 Å². The van der Waals surface area contributed by atoms with Gasteiger partial charge in [-0.3, -0.25) is 19.5 Å². The Labute approximate surface area is 264 Å². The first-order valence-corrected chi connectivity index (χ1v) is 16.4. The predicted octanol–water partition coefficient (Wildman–Crippen LogP) is 6.84. The Kier molecular flexibility index (Phi) is 8.53. The van der Waals surface area contributed by atoms with Crippen molar-refractivity contribution in [1.29, 1.82) is 0 Å². The van der Waals surface area contributed by atoms with Gasteiger partial charge in [-0.05, 0) is 96.9 Å². The topological polar surface area (TPSA) is 89.0 Å². The van der Waals surface area contributed by atoms with Gasteiger partial charge < -0.3 is 14.6 Å². The number of amides is 2. The second kappa shape index (κ2) is 13.0. The molecule has 7 nitrogen and oxygen atoms in total. The normalized spacial score (nSPS) is 25.4. The number of ether oxygens (including phenoxy) is 2. The number of nitrogens with zero attached hydrogens (tertiary/aromatic N) is 2. The lowest BCUT2D eigenvalue weighted by Crippen LogP contribution is -2.42. The summed E-state index contributed by atoms with van der Waals surface area (Å²) in [6, 6.07) is 22.8. The maximum Gasteiger partial charge on any atom is 0.234 e. The zero-order chi connectivity index (χ0) is 30.8. The van der Waals surface area contributed by atoms with Crippen LogP contribution in [-0.2, 0) is 14.3 Å². The second-order valence-corrected chi connectivity index (χ2v) is 12.8. The molecule has 1 N–H and O–H groups in total. The first-order chi connectivity index (χ1) is 22.1. The van der Waals surface area contributed by atoms with Crippen molar-refractivity contribution in [2.24, 2.45) is 17.8 Å². The van der Waals surface area contributed by atoms with E-state index in [-0.39, 0.29) is 47.5 Å². The first-order valence-electron chi connectivity index (χ1n) is 16.4. The number of likely N-dealkylation sites (tertiary alicyclic amines) is 1. The van der Waals surface area contributed by atoms with Crippen LogP contribution in [-0.4, -0.2) is 52.2 Å². The molecule has 2 aliphatic heterocycles. The van der Waals surface area contributed by atoms with Gasteiger partial charge in [0.25, 0.3) is 0 Å². The fourth-order valence-electron chi connectivity index (χ4n) is 7.90. The number of para-hydroxylation sites is 1. The number of hydrogen-bond acceptors (Lipinski definition) is 6. The van der Waals surface area contributed by atoms with Gasteiger partial charge in [-0.15, -0.1) is 0 Å². The average Bonchev–Trinajstić information content (AvgIpc) is 3.61. The van der Waals surface area contributed by atoms with Gasteiger partial charge >= 0.3 is 0 Å². The molecule has 7 heteroatoms. The fourth-order valence-corrected chi connectivity index (χ4v) is 7.90. The van der Waals surface area contributed by atoms with Gasteiger partial charge in [-0.1, -0.05) is 55.7 Å². The Balaban J connectivity index is 1.18.